The Morgan fingerprint density at radius 2 is 2.22 bits per heavy atom. The van der Waals surface area contributed by atoms with Crippen molar-refractivity contribution in [3.05, 3.63) is 23.8 Å². The van der Waals surface area contributed by atoms with Crippen LogP contribution in [0.15, 0.2) is 18.2 Å². The van der Waals surface area contributed by atoms with Gasteiger partial charge in [-0.05, 0) is 43.9 Å². The number of nitrogens with two attached hydrogens (primary N) is 1. The Balaban J connectivity index is 2.01. The highest BCUT2D eigenvalue weighted by Crippen LogP contribution is 2.29. The van der Waals surface area contributed by atoms with Gasteiger partial charge in [-0.15, -0.1) is 0 Å². The zero-order valence-electron chi connectivity index (χ0n) is 10.9. The fourth-order valence-electron chi connectivity index (χ4n) is 2.22. The van der Waals surface area contributed by atoms with Crippen molar-refractivity contribution < 1.29 is 9.53 Å². The first kappa shape index (κ1) is 12.7. The molecule has 1 saturated carbocycles. The Bertz CT molecular complexity index is 441. The third kappa shape index (κ3) is 2.58. The molecule has 1 amide bonds. The Morgan fingerprint density at radius 1 is 1.50 bits per heavy atom. The molecule has 4 heteroatoms. The maximum absolute atomic E-state index is 12.0. The molecule has 0 spiro atoms. The molecular formula is C14H20N2O2. The minimum Gasteiger partial charge on any atom is -0.495 e. The minimum atomic E-state index is -0.0660. The van der Waals surface area contributed by atoms with E-state index in [1.165, 1.54) is 19.3 Å². The van der Waals surface area contributed by atoms with Crippen LogP contribution < -0.4 is 15.8 Å². The third-order valence-electron chi connectivity index (χ3n) is 3.71. The Kier molecular flexibility index (Phi) is 3.75. The van der Waals surface area contributed by atoms with Gasteiger partial charge in [0.05, 0.1) is 12.8 Å². The van der Waals surface area contributed by atoms with Gasteiger partial charge < -0.3 is 15.8 Å². The number of rotatable bonds is 4. The Hall–Kier alpha value is -1.71. The number of carbonyl (C=O) groups is 1. The van der Waals surface area contributed by atoms with Crippen molar-refractivity contribution >= 4 is 11.6 Å². The molecule has 1 atom stereocenters. The zero-order chi connectivity index (χ0) is 13.1. The van der Waals surface area contributed by atoms with E-state index in [-0.39, 0.29) is 11.9 Å². The Labute approximate surface area is 108 Å². The van der Waals surface area contributed by atoms with Gasteiger partial charge in [-0.1, -0.05) is 6.42 Å². The molecule has 1 aliphatic carbocycles. The number of benzene rings is 1. The number of nitrogen functional groups attached to an aromatic ring is 1. The summed E-state index contributed by atoms with van der Waals surface area (Å²) in [5, 5.41) is 3.03. The van der Waals surface area contributed by atoms with E-state index in [0.29, 0.717) is 22.9 Å². The van der Waals surface area contributed by atoms with Crippen molar-refractivity contribution in [3.63, 3.8) is 0 Å². The maximum Gasteiger partial charge on any atom is 0.251 e. The number of amides is 1. The first-order chi connectivity index (χ1) is 8.61. The van der Waals surface area contributed by atoms with Crippen LogP contribution in [0.25, 0.3) is 0 Å². The molecule has 1 unspecified atom stereocenters. The van der Waals surface area contributed by atoms with Gasteiger partial charge >= 0.3 is 0 Å². The fraction of sp³-hybridized carbons (Fsp3) is 0.500. The summed E-state index contributed by atoms with van der Waals surface area (Å²) in [6, 6.07) is 5.34. The van der Waals surface area contributed by atoms with E-state index < -0.39 is 0 Å². The van der Waals surface area contributed by atoms with Gasteiger partial charge in [0.2, 0.25) is 0 Å². The standard InChI is InChI=1S/C14H20N2O2/c1-9(10-4-3-5-10)16-14(17)11-6-7-13(18-2)12(15)8-11/h6-10H,3-5,15H2,1-2H3,(H,16,17). The summed E-state index contributed by atoms with van der Waals surface area (Å²) >= 11 is 0. The largest absolute Gasteiger partial charge is 0.495 e. The van der Waals surface area contributed by atoms with Crippen LogP contribution in [0.2, 0.25) is 0 Å². The topological polar surface area (TPSA) is 64.3 Å². The maximum atomic E-state index is 12.0. The zero-order valence-corrected chi connectivity index (χ0v) is 10.9. The lowest BCUT2D eigenvalue weighted by Crippen LogP contribution is -2.40. The van der Waals surface area contributed by atoms with E-state index in [1.807, 2.05) is 0 Å². The molecular weight excluding hydrogens is 228 g/mol. The summed E-state index contributed by atoms with van der Waals surface area (Å²) in [4.78, 5) is 12.0. The molecule has 98 valence electrons. The van der Waals surface area contributed by atoms with E-state index in [1.54, 1.807) is 25.3 Å². The second-order valence-electron chi connectivity index (χ2n) is 4.91. The molecule has 0 aromatic heterocycles. The van der Waals surface area contributed by atoms with Gasteiger partial charge in [-0.2, -0.15) is 0 Å². The van der Waals surface area contributed by atoms with Crippen LogP contribution >= 0.6 is 0 Å². The van der Waals surface area contributed by atoms with Crippen LogP contribution in [0.5, 0.6) is 5.75 Å². The van der Waals surface area contributed by atoms with Crippen molar-refractivity contribution in [2.24, 2.45) is 5.92 Å². The molecule has 0 bridgehead atoms. The summed E-state index contributed by atoms with van der Waals surface area (Å²) in [7, 11) is 1.56. The van der Waals surface area contributed by atoms with Crippen LogP contribution in [0.1, 0.15) is 36.5 Å². The SMILES string of the molecule is COc1ccc(C(=O)NC(C)C2CCC2)cc1N. The number of carbonyl (C=O) groups excluding carboxylic acids is 1. The smallest absolute Gasteiger partial charge is 0.251 e. The van der Waals surface area contributed by atoms with E-state index >= 15 is 0 Å². The summed E-state index contributed by atoms with van der Waals surface area (Å²) in [5.74, 6) is 1.16. The van der Waals surface area contributed by atoms with E-state index in [0.717, 1.165) is 0 Å². The van der Waals surface area contributed by atoms with E-state index in [2.05, 4.69) is 12.2 Å². The van der Waals surface area contributed by atoms with Crippen LogP contribution in [0.3, 0.4) is 0 Å². The molecule has 3 N–H and O–H groups in total. The van der Waals surface area contributed by atoms with E-state index in [4.69, 9.17) is 10.5 Å². The first-order valence-electron chi connectivity index (χ1n) is 6.36. The van der Waals surface area contributed by atoms with Crippen LogP contribution in [0, 0.1) is 5.92 Å². The number of hydrogen-bond donors (Lipinski definition) is 2. The highest BCUT2D eigenvalue weighted by atomic mass is 16.5. The fourth-order valence-corrected chi connectivity index (χ4v) is 2.22. The highest BCUT2D eigenvalue weighted by Gasteiger charge is 2.25. The molecule has 1 aromatic carbocycles. The second kappa shape index (κ2) is 5.29. The molecule has 0 heterocycles. The van der Waals surface area contributed by atoms with Gasteiger partial charge in [0.1, 0.15) is 5.75 Å². The van der Waals surface area contributed by atoms with Crippen molar-refractivity contribution in [2.45, 2.75) is 32.2 Å². The first-order valence-corrected chi connectivity index (χ1v) is 6.36. The average Bonchev–Trinajstić information content (AvgIpc) is 2.26. The molecule has 0 saturated heterocycles. The summed E-state index contributed by atoms with van der Waals surface area (Å²) < 4.78 is 5.07. The number of hydrogen-bond acceptors (Lipinski definition) is 3. The lowest BCUT2D eigenvalue weighted by atomic mass is 9.80. The molecule has 0 aliphatic heterocycles. The van der Waals surface area contributed by atoms with Crippen molar-refractivity contribution in [1.82, 2.24) is 5.32 Å². The molecule has 1 aliphatic rings. The lowest BCUT2D eigenvalue weighted by Gasteiger charge is -2.31. The quantitative estimate of drug-likeness (QED) is 0.803. The number of methoxy groups -OCH3 is 1. The predicted molar refractivity (Wildman–Crippen MR) is 71.7 cm³/mol. The van der Waals surface area contributed by atoms with Gasteiger partial charge in [0.25, 0.3) is 5.91 Å². The summed E-state index contributed by atoms with van der Waals surface area (Å²) in [6.45, 7) is 2.06. The van der Waals surface area contributed by atoms with Gasteiger partial charge in [0, 0.05) is 11.6 Å². The van der Waals surface area contributed by atoms with Crippen LogP contribution in [-0.2, 0) is 0 Å². The van der Waals surface area contributed by atoms with Crippen molar-refractivity contribution in [1.29, 1.82) is 0 Å². The predicted octanol–water partition coefficient (Wildman–Crippen LogP) is 2.20. The molecule has 4 nitrogen and oxygen atoms in total. The molecule has 0 radical (unpaired) electrons. The number of ether oxygens (including phenoxy) is 1. The second-order valence-corrected chi connectivity index (χ2v) is 4.91. The van der Waals surface area contributed by atoms with Gasteiger partial charge in [-0.3, -0.25) is 4.79 Å². The Morgan fingerprint density at radius 3 is 2.72 bits per heavy atom. The normalized spacial score (nSPS) is 16.8. The monoisotopic (exact) mass is 248 g/mol. The summed E-state index contributed by atoms with van der Waals surface area (Å²) in [6.07, 6.45) is 3.71. The number of anilines is 1. The molecule has 2 rings (SSSR count). The number of nitrogens with one attached hydrogen (secondary N) is 1. The lowest BCUT2D eigenvalue weighted by molar-refractivity contribution is 0.0909. The van der Waals surface area contributed by atoms with Crippen LogP contribution in [-0.4, -0.2) is 19.1 Å². The molecule has 1 aromatic rings. The van der Waals surface area contributed by atoms with Crippen LogP contribution in [0.4, 0.5) is 5.69 Å². The summed E-state index contributed by atoms with van der Waals surface area (Å²) in [5.41, 5.74) is 6.86. The highest BCUT2D eigenvalue weighted by molar-refractivity contribution is 5.95. The third-order valence-corrected chi connectivity index (χ3v) is 3.71. The van der Waals surface area contributed by atoms with E-state index in [9.17, 15) is 4.79 Å². The molecule has 18 heavy (non-hydrogen) atoms. The molecule has 1 fully saturated rings. The minimum absolute atomic E-state index is 0.0660. The van der Waals surface area contributed by atoms with Gasteiger partial charge in [-0.25, -0.2) is 0 Å². The van der Waals surface area contributed by atoms with Gasteiger partial charge in [0.15, 0.2) is 0 Å². The van der Waals surface area contributed by atoms with Crippen molar-refractivity contribution in [3.8, 4) is 5.75 Å². The van der Waals surface area contributed by atoms with Crippen molar-refractivity contribution in [2.75, 3.05) is 12.8 Å². The average molecular weight is 248 g/mol.